The molecule has 328 valence electrons. The number of nitrogens with zero attached hydrogens (tertiary/aromatic N) is 3. The zero-order chi connectivity index (χ0) is 41.5. The zero-order valence-electron chi connectivity index (χ0n) is 38.4. The summed E-state index contributed by atoms with van der Waals surface area (Å²) < 4.78 is 0. The second-order valence-corrected chi connectivity index (χ2v) is 21.5. The topological polar surface area (TPSA) is 37.6 Å². The molecule has 6 aliphatic carbocycles. The highest BCUT2D eigenvalue weighted by Crippen LogP contribution is 2.50. The highest BCUT2D eigenvalue weighted by molar-refractivity contribution is 6.31. The van der Waals surface area contributed by atoms with Crippen molar-refractivity contribution < 1.29 is 0 Å². The predicted molar refractivity (Wildman–Crippen MR) is 261 cm³/mol. The number of hydrogen-bond acceptors (Lipinski definition) is 3. The van der Waals surface area contributed by atoms with Gasteiger partial charge >= 0.3 is 0 Å². The number of hydrogen-bond donors (Lipinski definition) is 0. The normalized spacial score (nSPS) is 23.1. The average molecular weight is 841 g/mol. The van der Waals surface area contributed by atoms with Crippen LogP contribution >= 0.6 is 11.6 Å². The third-order valence-electron chi connectivity index (χ3n) is 16.8. The molecule has 0 saturated heterocycles. The molecule has 0 amide bonds. The molecule has 0 aliphatic heterocycles. The smallest absolute Gasteiger partial charge is 0.0864 e. The van der Waals surface area contributed by atoms with E-state index in [0.717, 1.165) is 27.8 Å². The highest BCUT2D eigenvalue weighted by Gasteiger charge is 2.30. The van der Waals surface area contributed by atoms with Gasteiger partial charge in [0.15, 0.2) is 0 Å². The van der Waals surface area contributed by atoms with Crippen LogP contribution in [0.2, 0.25) is 5.02 Å². The maximum absolute atomic E-state index is 7.12. The van der Waals surface area contributed by atoms with Gasteiger partial charge in [-0.2, -0.15) is 0 Å². The molecule has 9 rings (SSSR count). The van der Waals surface area contributed by atoms with E-state index in [9.17, 15) is 0 Å². The van der Waals surface area contributed by atoms with Gasteiger partial charge < -0.3 is 0 Å². The van der Waals surface area contributed by atoms with E-state index < -0.39 is 0 Å². The van der Waals surface area contributed by atoms with Crippen LogP contribution < -0.4 is 0 Å². The lowest BCUT2D eigenvalue weighted by atomic mass is 9.75. The second-order valence-electron chi connectivity index (χ2n) is 21.1. The zero-order valence-corrected chi connectivity index (χ0v) is 39.1. The molecule has 6 saturated carbocycles. The van der Waals surface area contributed by atoms with E-state index in [1.165, 1.54) is 204 Å². The number of halogens is 1. The monoisotopic (exact) mass is 840 g/mol. The molecule has 0 radical (unpaired) electrons. The molecule has 2 aromatic carbocycles. The summed E-state index contributed by atoms with van der Waals surface area (Å²) >= 11 is 7.12. The number of pyridine rings is 1. The molecule has 4 heteroatoms. The maximum atomic E-state index is 7.12. The highest BCUT2D eigenvalue weighted by atomic mass is 35.5. The minimum Gasteiger partial charge on any atom is -0.251 e. The van der Waals surface area contributed by atoms with Gasteiger partial charge in [-0.1, -0.05) is 151 Å². The number of aromatic nitrogens is 1. The summed E-state index contributed by atoms with van der Waals surface area (Å²) in [6, 6.07) is 14.8. The number of aliphatic imine (C=N–C) groups is 2. The maximum Gasteiger partial charge on any atom is 0.0864 e. The van der Waals surface area contributed by atoms with Crippen LogP contribution in [0.4, 0.5) is 11.4 Å². The lowest BCUT2D eigenvalue weighted by Crippen LogP contribution is -2.14. The Kier molecular flexibility index (Phi) is 14.8. The van der Waals surface area contributed by atoms with Gasteiger partial charge in [0, 0.05) is 5.02 Å². The van der Waals surface area contributed by atoms with Crippen molar-refractivity contribution in [2.45, 2.75) is 242 Å². The first-order chi connectivity index (χ1) is 30.0. The lowest BCUT2D eigenvalue weighted by Gasteiger charge is -2.31. The number of benzene rings is 2. The van der Waals surface area contributed by atoms with Gasteiger partial charge in [-0.25, -0.2) is 4.98 Å². The van der Waals surface area contributed by atoms with Crippen molar-refractivity contribution in [1.29, 1.82) is 0 Å². The van der Waals surface area contributed by atoms with Gasteiger partial charge in [-0.3, -0.25) is 9.98 Å². The molecule has 1 heterocycles. The Bertz CT molecular complexity index is 1770. The summed E-state index contributed by atoms with van der Waals surface area (Å²) in [5.41, 5.74) is 15.8. The summed E-state index contributed by atoms with van der Waals surface area (Å²) in [7, 11) is 0. The Morgan fingerprint density at radius 1 is 0.377 bits per heavy atom. The van der Waals surface area contributed by atoms with Crippen molar-refractivity contribution in [3.8, 4) is 0 Å². The Morgan fingerprint density at radius 2 is 0.623 bits per heavy atom. The first kappa shape index (κ1) is 43.5. The quantitative estimate of drug-likeness (QED) is 0.187. The molecule has 61 heavy (non-hydrogen) atoms. The van der Waals surface area contributed by atoms with Gasteiger partial charge in [-0.05, 0) is 172 Å². The fourth-order valence-corrected chi connectivity index (χ4v) is 13.4. The fraction of sp³-hybridized carbons (Fsp3) is 0.667. The number of rotatable bonds is 10. The van der Waals surface area contributed by atoms with Crippen LogP contribution in [-0.2, 0) is 0 Å². The van der Waals surface area contributed by atoms with Gasteiger partial charge in [-0.15, -0.1) is 0 Å². The molecular formula is C57H78ClN3. The second kappa shape index (κ2) is 20.8. The van der Waals surface area contributed by atoms with Crippen LogP contribution in [0.1, 0.15) is 287 Å². The molecule has 3 aromatic rings. The molecule has 0 spiro atoms. The lowest BCUT2D eigenvalue weighted by molar-refractivity contribution is 0.428. The first-order valence-corrected chi connectivity index (χ1v) is 26.5. The van der Waals surface area contributed by atoms with E-state index in [1.807, 2.05) is 0 Å². The van der Waals surface area contributed by atoms with Crippen LogP contribution in [0.5, 0.6) is 0 Å². The van der Waals surface area contributed by atoms with Crippen molar-refractivity contribution in [2.24, 2.45) is 9.98 Å². The Hall–Kier alpha value is -2.78. The van der Waals surface area contributed by atoms with Crippen molar-refractivity contribution in [3.05, 3.63) is 86.2 Å². The predicted octanol–water partition coefficient (Wildman–Crippen LogP) is 18.3. The third kappa shape index (κ3) is 10.4. The minimum absolute atomic E-state index is 0.602. The summed E-state index contributed by atoms with van der Waals surface area (Å²) in [6.45, 7) is 4.40. The van der Waals surface area contributed by atoms with Crippen molar-refractivity contribution in [3.63, 3.8) is 0 Å². The van der Waals surface area contributed by atoms with Gasteiger partial charge in [0.05, 0.1) is 34.2 Å². The van der Waals surface area contributed by atoms with Crippen LogP contribution in [0.15, 0.2) is 46.4 Å². The minimum atomic E-state index is 0.602. The third-order valence-corrected chi connectivity index (χ3v) is 17.0. The summed E-state index contributed by atoms with van der Waals surface area (Å²) in [5.74, 6) is 3.82. The van der Waals surface area contributed by atoms with Crippen molar-refractivity contribution in [1.82, 2.24) is 4.98 Å². The molecule has 6 fully saturated rings. The summed E-state index contributed by atoms with van der Waals surface area (Å²) in [6.07, 6.45) is 40.3. The van der Waals surface area contributed by atoms with Gasteiger partial charge in [0.1, 0.15) is 0 Å². The molecule has 0 unspecified atom stereocenters. The summed E-state index contributed by atoms with van der Waals surface area (Å²) in [5, 5.41) is 0.726. The molecule has 0 atom stereocenters. The molecule has 0 N–H and O–H groups in total. The standard InChI is InChI=1S/C57H78ClN3/c1-39(59-56-50(43-25-13-5-14-26-43)33-47(41-21-9-3-10-22-41)34-51(56)44-27-15-6-16-28-44)54-37-49(58)38-55(61-54)40(2)60-57-52(45-29-17-7-18-30-45)35-48(42-23-11-4-12-24-42)36-53(57)46-31-19-8-20-32-46/h33-38,41-46H,3-32H2,1-2H3. The molecule has 6 aliphatic rings. The molecule has 1 aromatic heterocycles. The van der Waals surface area contributed by atoms with Crippen LogP contribution in [0.25, 0.3) is 0 Å². The first-order valence-electron chi connectivity index (χ1n) is 26.1. The molecule has 3 nitrogen and oxygen atoms in total. The Morgan fingerprint density at radius 3 is 0.885 bits per heavy atom. The Labute approximate surface area is 375 Å². The fourth-order valence-electron chi connectivity index (χ4n) is 13.2. The van der Waals surface area contributed by atoms with E-state index >= 15 is 0 Å². The van der Waals surface area contributed by atoms with E-state index in [1.54, 1.807) is 33.4 Å². The van der Waals surface area contributed by atoms with Crippen molar-refractivity contribution in [2.75, 3.05) is 0 Å². The molecular weight excluding hydrogens is 762 g/mol. The van der Waals surface area contributed by atoms with E-state index in [2.05, 4.69) is 50.2 Å². The average Bonchev–Trinajstić information content (AvgIpc) is 3.33. The largest absolute Gasteiger partial charge is 0.251 e. The van der Waals surface area contributed by atoms with E-state index in [4.69, 9.17) is 26.6 Å². The Balaban J connectivity index is 1.13. The van der Waals surface area contributed by atoms with Crippen LogP contribution in [0, 0.1) is 0 Å². The van der Waals surface area contributed by atoms with Crippen molar-refractivity contribution >= 4 is 34.4 Å². The van der Waals surface area contributed by atoms with Gasteiger partial charge in [0.2, 0.25) is 0 Å². The van der Waals surface area contributed by atoms with Crippen LogP contribution in [-0.4, -0.2) is 16.4 Å². The SMILES string of the molecule is CC(=Nc1c(C2CCCCC2)cc(C2CCCCC2)cc1C1CCCCC1)c1cc(Cl)cc(C(C)=Nc2c(C3CCCCC3)cc(C3CCCCC3)cc2C2CCCCC2)n1. The van der Waals surface area contributed by atoms with E-state index in [-0.39, 0.29) is 0 Å². The van der Waals surface area contributed by atoms with Crippen LogP contribution in [0.3, 0.4) is 0 Å². The van der Waals surface area contributed by atoms with Gasteiger partial charge in [0.25, 0.3) is 0 Å². The van der Waals surface area contributed by atoms with E-state index in [0.29, 0.717) is 35.5 Å². The summed E-state index contributed by atoms with van der Waals surface area (Å²) in [4.78, 5) is 16.9. The molecule has 0 bridgehead atoms.